The third kappa shape index (κ3) is 7.51. The van der Waals surface area contributed by atoms with Crippen LogP contribution in [0.5, 0.6) is 0 Å². The van der Waals surface area contributed by atoms with Gasteiger partial charge in [0, 0.05) is 56.9 Å². The Labute approximate surface area is 268 Å². The van der Waals surface area contributed by atoms with Crippen molar-refractivity contribution in [3.63, 3.8) is 0 Å². The van der Waals surface area contributed by atoms with E-state index in [2.05, 4.69) is 10.2 Å². The maximum Gasteiger partial charge on any atom is 0.416 e. The molecule has 1 N–H and O–H groups in total. The Bertz CT molecular complexity index is 1400. The van der Waals surface area contributed by atoms with Crippen LogP contribution in [0.3, 0.4) is 0 Å². The number of amides is 4. The third-order valence-corrected chi connectivity index (χ3v) is 10.3. The number of hydrogen-bond acceptors (Lipinski definition) is 4. The Morgan fingerprint density at radius 3 is 2.22 bits per heavy atom. The van der Waals surface area contributed by atoms with E-state index in [4.69, 9.17) is 0 Å². The van der Waals surface area contributed by atoms with Crippen LogP contribution in [-0.2, 0) is 28.7 Å². The maximum absolute atomic E-state index is 13.9. The lowest BCUT2D eigenvalue weighted by Crippen LogP contribution is -2.52. The van der Waals surface area contributed by atoms with Gasteiger partial charge in [-0.2, -0.15) is 13.2 Å². The predicted molar refractivity (Wildman–Crippen MR) is 169 cm³/mol. The van der Waals surface area contributed by atoms with Crippen LogP contribution < -0.4 is 5.32 Å². The zero-order valence-corrected chi connectivity index (χ0v) is 26.3. The number of benzene rings is 2. The molecular formula is C35H44F3N5O3. The average Bonchev–Trinajstić information content (AvgIpc) is 3.07. The van der Waals surface area contributed by atoms with Crippen molar-refractivity contribution in [1.82, 2.24) is 19.6 Å². The summed E-state index contributed by atoms with van der Waals surface area (Å²) in [5, 5.41) is 2.96. The molecular weight excluding hydrogens is 595 g/mol. The van der Waals surface area contributed by atoms with E-state index in [0.29, 0.717) is 57.2 Å². The molecule has 0 saturated carbocycles. The fraction of sp³-hybridized carbons (Fsp3) is 0.571. The van der Waals surface area contributed by atoms with E-state index in [9.17, 15) is 27.6 Å². The first kappa shape index (κ1) is 32.3. The first-order chi connectivity index (χ1) is 22.2. The molecule has 1 atom stereocenters. The van der Waals surface area contributed by atoms with Gasteiger partial charge in [-0.05, 0) is 81.3 Å². The summed E-state index contributed by atoms with van der Waals surface area (Å²) >= 11 is 0. The molecule has 6 rings (SSSR count). The van der Waals surface area contributed by atoms with Crippen molar-refractivity contribution in [2.75, 3.05) is 44.6 Å². The molecule has 248 valence electrons. The second kappa shape index (κ2) is 14.0. The normalized spacial score (nSPS) is 21.1. The van der Waals surface area contributed by atoms with Gasteiger partial charge in [-0.1, -0.05) is 42.8 Å². The van der Waals surface area contributed by atoms with Gasteiger partial charge in [0.25, 0.3) is 0 Å². The van der Waals surface area contributed by atoms with Gasteiger partial charge in [0.1, 0.15) is 0 Å². The Kier molecular flexibility index (Phi) is 9.86. The van der Waals surface area contributed by atoms with Crippen LogP contribution >= 0.6 is 0 Å². The summed E-state index contributed by atoms with van der Waals surface area (Å²) in [5.41, 5.74) is 1.52. The van der Waals surface area contributed by atoms with Crippen LogP contribution in [0.4, 0.5) is 23.7 Å². The molecule has 8 nitrogen and oxygen atoms in total. The maximum atomic E-state index is 13.9. The smallest absolute Gasteiger partial charge is 0.343 e. The number of fused-ring (bicyclic) bond motifs is 1. The minimum Gasteiger partial charge on any atom is -0.343 e. The molecule has 2 aromatic rings. The lowest BCUT2D eigenvalue weighted by molar-refractivity contribution is -0.143. The summed E-state index contributed by atoms with van der Waals surface area (Å²) in [6, 6.07) is 13.1. The van der Waals surface area contributed by atoms with Crippen molar-refractivity contribution in [3.8, 4) is 0 Å². The average molecular weight is 640 g/mol. The number of rotatable bonds is 7. The van der Waals surface area contributed by atoms with Crippen LogP contribution in [0.25, 0.3) is 0 Å². The zero-order valence-electron chi connectivity index (χ0n) is 26.3. The molecule has 4 amide bonds. The minimum absolute atomic E-state index is 0.0128. The van der Waals surface area contributed by atoms with E-state index in [0.717, 1.165) is 49.3 Å². The molecule has 0 bridgehead atoms. The van der Waals surface area contributed by atoms with E-state index >= 15 is 0 Å². The van der Waals surface area contributed by atoms with E-state index in [1.165, 1.54) is 25.3 Å². The molecule has 0 aromatic heterocycles. The Morgan fingerprint density at radius 2 is 1.50 bits per heavy atom. The van der Waals surface area contributed by atoms with Crippen molar-refractivity contribution in [2.24, 2.45) is 5.92 Å². The highest BCUT2D eigenvalue weighted by Crippen LogP contribution is 2.32. The summed E-state index contributed by atoms with van der Waals surface area (Å²) < 4.78 is 40.5. The van der Waals surface area contributed by atoms with Crippen molar-refractivity contribution < 1.29 is 27.6 Å². The van der Waals surface area contributed by atoms with E-state index in [-0.39, 0.29) is 36.7 Å². The van der Waals surface area contributed by atoms with Gasteiger partial charge >= 0.3 is 12.2 Å². The topological polar surface area (TPSA) is 76.2 Å². The highest BCUT2D eigenvalue weighted by Gasteiger charge is 2.36. The summed E-state index contributed by atoms with van der Waals surface area (Å²) in [4.78, 5) is 48.4. The van der Waals surface area contributed by atoms with Gasteiger partial charge in [0.05, 0.1) is 11.5 Å². The predicted octanol–water partition coefficient (Wildman–Crippen LogP) is 5.77. The number of anilines is 1. The first-order valence-corrected chi connectivity index (χ1v) is 16.8. The Morgan fingerprint density at radius 1 is 0.826 bits per heavy atom. The molecule has 0 spiro atoms. The molecule has 4 aliphatic heterocycles. The van der Waals surface area contributed by atoms with E-state index < -0.39 is 17.7 Å². The number of carbonyl (C=O) groups is 3. The highest BCUT2D eigenvalue weighted by atomic mass is 19.4. The van der Waals surface area contributed by atoms with Crippen LogP contribution in [0.2, 0.25) is 0 Å². The van der Waals surface area contributed by atoms with Crippen molar-refractivity contribution >= 4 is 23.5 Å². The summed E-state index contributed by atoms with van der Waals surface area (Å²) in [7, 11) is 0. The largest absolute Gasteiger partial charge is 0.416 e. The monoisotopic (exact) mass is 639 g/mol. The molecule has 1 unspecified atom stereocenters. The molecule has 4 aliphatic rings. The Balaban J connectivity index is 1.10. The van der Waals surface area contributed by atoms with Crippen LogP contribution in [0.15, 0.2) is 48.5 Å². The fourth-order valence-electron chi connectivity index (χ4n) is 7.68. The SMILES string of the molecule is O=C(CC(Cc1cccc(C(F)(F)F)c1)C(=O)N1CCC(N2CCCCC2)CC1)N1CCC(N2Cc3ccccc3NC2=O)CC1. The van der Waals surface area contributed by atoms with Crippen molar-refractivity contribution in [3.05, 3.63) is 65.2 Å². The zero-order chi connectivity index (χ0) is 32.3. The van der Waals surface area contributed by atoms with Gasteiger partial charge in [0.15, 0.2) is 0 Å². The fourth-order valence-corrected chi connectivity index (χ4v) is 7.68. The third-order valence-electron chi connectivity index (χ3n) is 10.3. The Hall–Kier alpha value is -3.60. The number of carbonyl (C=O) groups excluding carboxylic acids is 3. The number of nitrogens with one attached hydrogen (secondary N) is 1. The van der Waals surface area contributed by atoms with E-state index in [1.54, 1.807) is 11.0 Å². The number of halogens is 3. The molecule has 46 heavy (non-hydrogen) atoms. The standard InChI is InChI=1S/C35H44F3N5O3/c36-35(37,38)28-9-6-7-25(22-28)21-27(33(45)42-19-11-29(12-20-42)40-15-4-1-5-16-40)23-32(44)41-17-13-30(14-18-41)43-24-26-8-2-3-10-31(26)39-34(43)46/h2-3,6-10,22,27,29-30H,1,4-5,11-21,23-24H2,(H,39,46). The molecule has 2 aromatic carbocycles. The van der Waals surface area contributed by atoms with Gasteiger partial charge in [-0.3, -0.25) is 9.59 Å². The number of hydrogen-bond donors (Lipinski definition) is 1. The van der Waals surface area contributed by atoms with Crippen molar-refractivity contribution in [2.45, 2.75) is 82.6 Å². The number of para-hydroxylation sites is 1. The summed E-state index contributed by atoms with van der Waals surface area (Å²) in [6.07, 6.45) is 2.20. The molecule has 3 saturated heterocycles. The molecule has 0 radical (unpaired) electrons. The lowest BCUT2D eigenvalue weighted by Gasteiger charge is -2.41. The van der Waals surface area contributed by atoms with Gasteiger partial charge in [-0.15, -0.1) is 0 Å². The number of alkyl halides is 3. The highest BCUT2D eigenvalue weighted by molar-refractivity contribution is 5.92. The minimum atomic E-state index is -4.49. The van der Waals surface area contributed by atoms with Crippen LogP contribution in [-0.4, -0.2) is 88.8 Å². The number of likely N-dealkylation sites (tertiary alicyclic amines) is 3. The van der Waals surface area contributed by atoms with Gasteiger partial charge in [0.2, 0.25) is 11.8 Å². The lowest BCUT2D eigenvalue weighted by atomic mass is 9.91. The van der Waals surface area contributed by atoms with E-state index in [1.807, 2.05) is 34.1 Å². The second-order valence-corrected chi connectivity index (χ2v) is 13.3. The molecule has 11 heteroatoms. The second-order valence-electron chi connectivity index (χ2n) is 13.3. The molecule has 3 fully saturated rings. The van der Waals surface area contributed by atoms with Crippen LogP contribution in [0, 0.1) is 5.92 Å². The summed E-state index contributed by atoms with van der Waals surface area (Å²) in [6.45, 7) is 4.82. The van der Waals surface area contributed by atoms with Crippen LogP contribution in [0.1, 0.15) is 68.1 Å². The van der Waals surface area contributed by atoms with Gasteiger partial charge < -0.3 is 24.9 Å². The number of nitrogens with zero attached hydrogens (tertiary/aromatic N) is 4. The molecule has 0 aliphatic carbocycles. The van der Waals surface area contributed by atoms with Gasteiger partial charge in [-0.25, -0.2) is 4.79 Å². The quantitative estimate of drug-likeness (QED) is 0.418. The van der Waals surface area contributed by atoms with Crippen molar-refractivity contribution in [1.29, 1.82) is 0 Å². The number of urea groups is 1. The first-order valence-electron chi connectivity index (χ1n) is 16.8. The summed E-state index contributed by atoms with van der Waals surface area (Å²) in [5.74, 6) is -1.06. The molecule has 4 heterocycles. The number of piperidine rings is 3.